The fourth-order valence-electron chi connectivity index (χ4n) is 7.44. The van der Waals surface area contributed by atoms with Gasteiger partial charge in [-0.25, -0.2) is 0 Å². The zero-order valence-corrected chi connectivity index (χ0v) is 17.8. The van der Waals surface area contributed by atoms with Gasteiger partial charge in [0.1, 0.15) is 11.2 Å². The molecular formula is C28H25ClO. The van der Waals surface area contributed by atoms with Gasteiger partial charge in [-0.15, -0.1) is 0 Å². The number of halogens is 1. The lowest BCUT2D eigenvalue weighted by Crippen LogP contribution is -2.48. The minimum Gasteiger partial charge on any atom is -0.456 e. The molecule has 30 heavy (non-hydrogen) atoms. The summed E-state index contributed by atoms with van der Waals surface area (Å²) in [6.07, 6.45) is 8.76. The Kier molecular flexibility index (Phi) is 3.57. The molecule has 4 aromatic rings. The van der Waals surface area contributed by atoms with Gasteiger partial charge in [-0.3, -0.25) is 0 Å². The van der Waals surface area contributed by atoms with Crippen LogP contribution in [0.4, 0.5) is 0 Å². The van der Waals surface area contributed by atoms with E-state index in [2.05, 4.69) is 42.5 Å². The molecule has 4 saturated carbocycles. The summed E-state index contributed by atoms with van der Waals surface area (Å²) in [6.45, 7) is 0. The van der Waals surface area contributed by atoms with Gasteiger partial charge in [0, 0.05) is 10.8 Å². The summed E-state index contributed by atoms with van der Waals surface area (Å²) in [7, 11) is 0. The van der Waals surface area contributed by atoms with E-state index in [-0.39, 0.29) is 0 Å². The standard InChI is InChI=1S/C28H25ClO/c29-24-2-1-3-26-27(24)23-13-21(6-9-25(23)30-26)20-4-7-22(8-5-20)28-14-17-10-18(15-28)12-19(11-17)16-28/h1-9,13,17-19H,10-12,14-16H2. The first-order valence-corrected chi connectivity index (χ1v) is 11.8. The van der Waals surface area contributed by atoms with Crippen molar-refractivity contribution in [2.75, 3.05) is 0 Å². The molecule has 4 aliphatic carbocycles. The first-order valence-electron chi connectivity index (χ1n) is 11.4. The van der Waals surface area contributed by atoms with Crippen LogP contribution in [-0.4, -0.2) is 0 Å². The molecule has 0 unspecified atom stereocenters. The van der Waals surface area contributed by atoms with E-state index >= 15 is 0 Å². The summed E-state index contributed by atoms with van der Waals surface area (Å²) in [5.74, 6) is 2.95. The number of fused-ring (bicyclic) bond motifs is 3. The van der Waals surface area contributed by atoms with Crippen LogP contribution in [0.3, 0.4) is 0 Å². The normalized spacial score (nSPS) is 29.8. The van der Waals surface area contributed by atoms with E-state index < -0.39 is 0 Å². The van der Waals surface area contributed by atoms with Gasteiger partial charge in [0.05, 0.1) is 5.02 Å². The third kappa shape index (κ3) is 2.48. The average molecular weight is 413 g/mol. The van der Waals surface area contributed by atoms with Crippen molar-refractivity contribution >= 4 is 33.5 Å². The molecule has 0 N–H and O–H groups in total. The van der Waals surface area contributed by atoms with Crippen LogP contribution in [0.25, 0.3) is 33.1 Å². The largest absolute Gasteiger partial charge is 0.456 e. The molecule has 0 amide bonds. The highest BCUT2D eigenvalue weighted by Crippen LogP contribution is 2.60. The number of rotatable bonds is 2. The molecule has 4 bridgehead atoms. The fourth-order valence-corrected chi connectivity index (χ4v) is 7.71. The van der Waals surface area contributed by atoms with Crippen molar-refractivity contribution in [3.05, 3.63) is 71.2 Å². The van der Waals surface area contributed by atoms with Crippen molar-refractivity contribution in [2.24, 2.45) is 17.8 Å². The molecule has 1 nitrogen and oxygen atoms in total. The Morgan fingerprint density at radius 1 is 0.733 bits per heavy atom. The first-order chi connectivity index (χ1) is 14.7. The number of benzene rings is 3. The lowest BCUT2D eigenvalue weighted by atomic mass is 9.48. The van der Waals surface area contributed by atoms with Crippen LogP contribution in [0.5, 0.6) is 0 Å². The Morgan fingerprint density at radius 2 is 1.40 bits per heavy atom. The van der Waals surface area contributed by atoms with Crippen LogP contribution in [0.2, 0.25) is 5.02 Å². The zero-order chi connectivity index (χ0) is 19.9. The van der Waals surface area contributed by atoms with Gasteiger partial charge < -0.3 is 4.42 Å². The number of hydrogen-bond acceptors (Lipinski definition) is 1. The summed E-state index contributed by atoms with van der Waals surface area (Å²) >= 11 is 6.49. The first kappa shape index (κ1) is 17.4. The van der Waals surface area contributed by atoms with Crippen molar-refractivity contribution in [2.45, 2.75) is 43.9 Å². The number of hydrogen-bond donors (Lipinski definition) is 0. The lowest BCUT2D eigenvalue weighted by molar-refractivity contribution is -0.00518. The molecule has 0 atom stereocenters. The maximum Gasteiger partial charge on any atom is 0.136 e. The Bertz CT molecular complexity index is 1240. The molecule has 4 aliphatic rings. The summed E-state index contributed by atoms with van der Waals surface area (Å²) in [5.41, 5.74) is 6.29. The highest BCUT2D eigenvalue weighted by molar-refractivity contribution is 6.37. The summed E-state index contributed by atoms with van der Waals surface area (Å²) in [6, 6.07) is 21.8. The van der Waals surface area contributed by atoms with Gasteiger partial charge in [0.25, 0.3) is 0 Å². The average Bonchev–Trinajstić information content (AvgIpc) is 3.12. The van der Waals surface area contributed by atoms with Crippen molar-refractivity contribution in [3.63, 3.8) is 0 Å². The van der Waals surface area contributed by atoms with Crippen molar-refractivity contribution in [1.82, 2.24) is 0 Å². The predicted octanol–water partition coefficient (Wildman–Crippen LogP) is 8.37. The molecule has 8 rings (SSSR count). The molecule has 0 radical (unpaired) electrons. The van der Waals surface area contributed by atoms with Gasteiger partial charge in [0.15, 0.2) is 0 Å². The van der Waals surface area contributed by atoms with Gasteiger partial charge in [-0.1, -0.05) is 48.0 Å². The molecule has 1 aromatic heterocycles. The van der Waals surface area contributed by atoms with Crippen LogP contribution in [0, 0.1) is 17.8 Å². The van der Waals surface area contributed by atoms with Crippen LogP contribution < -0.4 is 0 Å². The molecule has 4 fully saturated rings. The van der Waals surface area contributed by atoms with E-state index in [9.17, 15) is 0 Å². The Hall–Kier alpha value is -2.25. The van der Waals surface area contributed by atoms with Gasteiger partial charge in [0.2, 0.25) is 0 Å². The molecule has 0 aliphatic heterocycles. The van der Waals surface area contributed by atoms with Crippen molar-refractivity contribution < 1.29 is 4.42 Å². The lowest BCUT2D eigenvalue weighted by Gasteiger charge is -2.57. The molecule has 2 heteroatoms. The highest BCUT2D eigenvalue weighted by Gasteiger charge is 2.51. The molecule has 3 aromatic carbocycles. The quantitative estimate of drug-likeness (QED) is 0.322. The van der Waals surface area contributed by atoms with Gasteiger partial charge >= 0.3 is 0 Å². The van der Waals surface area contributed by atoms with E-state index in [1.54, 1.807) is 5.56 Å². The number of furan rings is 1. The Labute approximate surface area is 182 Å². The molecular weight excluding hydrogens is 388 g/mol. The maximum absolute atomic E-state index is 6.49. The van der Waals surface area contributed by atoms with Crippen molar-refractivity contribution in [3.8, 4) is 11.1 Å². The molecule has 150 valence electrons. The fraction of sp³-hybridized carbons (Fsp3) is 0.357. The van der Waals surface area contributed by atoms with E-state index in [0.717, 1.165) is 44.7 Å². The topological polar surface area (TPSA) is 13.1 Å². The second-order valence-corrected chi connectivity index (χ2v) is 10.6. The minimum absolute atomic E-state index is 0.464. The smallest absolute Gasteiger partial charge is 0.136 e. The monoisotopic (exact) mass is 412 g/mol. The minimum atomic E-state index is 0.464. The predicted molar refractivity (Wildman–Crippen MR) is 124 cm³/mol. The Morgan fingerprint density at radius 3 is 2.10 bits per heavy atom. The van der Waals surface area contributed by atoms with Crippen LogP contribution in [0.1, 0.15) is 44.1 Å². The SMILES string of the molecule is Clc1cccc2oc3ccc(-c4ccc(C56CC7CC(CC(C7)C5)C6)cc4)cc3c12. The molecule has 1 heterocycles. The third-order valence-corrected chi connectivity index (χ3v) is 8.63. The summed E-state index contributed by atoms with van der Waals surface area (Å²) in [5, 5.41) is 2.86. The van der Waals surface area contributed by atoms with E-state index in [1.165, 1.54) is 49.7 Å². The van der Waals surface area contributed by atoms with E-state index in [4.69, 9.17) is 16.0 Å². The van der Waals surface area contributed by atoms with Gasteiger partial charge in [-0.2, -0.15) is 0 Å². The molecule has 0 saturated heterocycles. The summed E-state index contributed by atoms with van der Waals surface area (Å²) in [4.78, 5) is 0. The zero-order valence-electron chi connectivity index (χ0n) is 17.0. The summed E-state index contributed by atoms with van der Waals surface area (Å²) < 4.78 is 6.00. The van der Waals surface area contributed by atoms with Crippen LogP contribution in [0.15, 0.2) is 65.1 Å². The van der Waals surface area contributed by atoms with E-state index in [0.29, 0.717) is 5.41 Å². The second kappa shape index (κ2) is 6.14. The Balaban J connectivity index is 1.28. The van der Waals surface area contributed by atoms with Crippen molar-refractivity contribution in [1.29, 1.82) is 0 Å². The highest BCUT2D eigenvalue weighted by atomic mass is 35.5. The maximum atomic E-state index is 6.49. The van der Waals surface area contributed by atoms with Gasteiger partial charge in [-0.05, 0) is 103 Å². The second-order valence-electron chi connectivity index (χ2n) is 10.2. The van der Waals surface area contributed by atoms with Crippen LogP contribution >= 0.6 is 11.6 Å². The van der Waals surface area contributed by atoms with E-state index in [1.807, 2.05) is 18.2 Å². The molecule has 0 spiro atoms. The third-order valence-electron chi connectivity index (χ3n) is 8.31. The van der Waals surface area contributed by atoms with Crippen LogP contribution in [-0.2, 0) is 5.41 Å².